The molecule has 8 heteroatoms. The second kappa shape index (κ2) is 7.55. The zero-order valence-corrected chi connectivity index (χ0v) is 16.0. The number of nitro groups is 1. The Balaban J connectivity index is 1.60. The highest BCUT2D eigenvalue weighted by atomic mass is 32.1. The molecule has 1 aromatic heterocycles. The number of non-ortho nitro benzene ring substituents is 1. The minimum Gasteiger partial charge on any atom is -0.328 e. The van der Waals surface area contributed by atoms with Crippen molar-refractivity contribution in [1.82, 2.24) is 14.8 Å². The molecule has 0 atom stereocenters. The lowest BCUT2D eigenvalue weighted by molar-refractivity contribution is -0.384. The number of amides is 1. The van der Waals surface area contributed by atoms with Gasteiger partial charge < -0.3 is 9.88 Å². The molecule has 1 amide bonds. The van der Waals surface area contributed by atoms with E-state index in [1.54, 1.807) is 23.1 Å². The molecule has 2 fully saturated rings. The van der Waals surface area contributed by atoms with E-state index in [2.05, 4.69) is 5.32 Å². The molecule has 1 aliphatic carbocycles. The van der Waals surface area contributed by atoms with Crippen LogP contribution in [0.4, 0.5) is 5.69 Å². The Morgan fingerprint density at radius 1 is 1.14 bits per heavy atom. The van der Waals surface area contributed by atoms with Gasteiger partial charge in [-0.2, -0.15) is 0 Å². The molecular weight excluding hydrogens is 376 g/mol. The van der Waals surface area contributed by atoms with Crippen LogP contribution >= 0.6 is 12.2 Å². The largest absolute Gasteiger partial charge is 0.328 e. The molecule has 0 unspecified atom stereocenters. The number of hydrogen-bond acceptors (Lipinski definition) is 4. The normalized spacial score (nSPS) is 19.3. The maximum atomic E-state index is 12.9. The molecule has 2 heterocycles. The van der Waals surface area contributed by atoms with E-state index in [1.165, 1.54) is 18.6 Å². The first-order valence-electron chi connectivity index (χ1n) is 9.33. The van der Waals surface area contributed by atoms with E-state index in [0.717, 1.165) is 37.1 Å². The lowest BCUT2D eigenvalue weighted by Crippen LogP contribution is -2.41. The Hall–Kier alpha value is -3.00. The average Bonchev–Trinajstić information content (AvgIpc) is 3.27. The molecular formula is C20H20N4O3S. The van der Waals surface area contributed by atoms with Crippen LogP contribution in [0.5, 0.6) is 0 Å². The standard InChI is InChI=1S/C20H20N4O3S/c25-19-18(21-20(28)23(19)15-5-2-1-3-6-15)13-17-7-4-12-22(17)14-8-10-16(11-9-14)24(26)27/h4,7-13,15H,1-3,5-6H2,(H,21,28)/b18-13+. The van der Waals surface area contributed by atoms with Crippen molar-refractivity contribution < 1.29 is 9.72 Å². The minimum absolute atomic E-state index is 0.0388. The van der Waals surface area contributed by atoms with Gasteiger partial charge in [-0.3, -0.25) is 19.8 Å². The fraction of sp³-hybridized carbons (Fsp3) is 0.300. The number of aromatic nitrogens is 1. The first-order chi connectivity index (χ1) is 13.5. The molecule has 4 rings (SSSR count). The van der Waals surface area contributed by atoms with Crippen LogP contribution in [0.15, 0.2) is 48.3 Å². The number of hydrogen-bond donors (Lipinski definition) is 1. The van der Waals surface area contributed by atoms with Crippen molar-refractivity contribution in [1.29, 1.82) is 0 Å². The molecule has 1 saturated carbocycles. The molecule has 0 bridgehead atoms. The van der Waals surface area contributed by atoms with Crippen molar-refractivity contribution in [3.05, 3.63) is 64.1 Å². The zero-order chi connectivity index (χ0) is 19.7. The van der Waals surface area contributed by atoms with Crippen molar-refractivity contribution in [2.24, 2.45) is 0 Å². The maximum Gasteiger partial charge on any atom is 0.276 e. The highest BCUT2D eigenvalue weighted by molar-refractivity contribution is 7.80. The third-order valence-electron chi connectivity index (χ3n) is 5.26. The van der Waals surface area contributed by atoms with Gasteiger partial charge in [0, 0.05) is 35.8 Å². The van der Waals surface area contributed by atoms with Crippen molar-refractivity contribution in [2.45, 2.75) is 38.1 Å². The third kappa shape index (κ3) is 3.43. The monoisotopic (exact) mass is 396 g/mol. The summed E-state index contributed by atoms with van der Waals surface area (Å²) in [5.41, 5.74) is 2.06. The number of rotatable bonds is 4. The van der Waals surface area contributed by atoms with Crippen LogP contribution in [0.3, 0.4) is 0 Å². The average molecular weight is 396 g/mol. The predicted molar refractivity (Wildman–Crippen MR) is 110 cm³/mol. The van der Waals surface area contributed by atoms with Crippen LogP contribution in [-0.4, -0.2) is 31.5 Å². The summed E-state index contributed by atoms with van der Waals surface area (Å²) in [6.07, 6.45) is 9.06. The molecule has 2 aromatic rings. The quantitative estimate of drug-likeness (QED) is 0.368. The molecule has 1 aliphatic heterocycles. The van der Waals surface area contributed by atoms with E-state index in [0.29, 0.717) is 10.8 Å². The third-order valence-corrected chi connectivity index (χ3v) is 5.56. The van der Waals surface area contributed by atoms with Crippen molar-refractivity contribution in [3.8, 4) is 5.69 Å². The molecule has 2 aliphatic rings. The van der Waals surface area contributed by atoms with Gasteiger partial charge in [-0.05, 0) is 55.4 Å². The second-order valence-electron chi connectivity index (χ2n) is 7.03. The van der Waals surface area contributed by atoms with Gasteiger partial charge in [0.15, 0.2) is 5.11 Å². The van der Waals surface area contributed by atoms with Gasteiger partial charge in [0.1, 0.15) is 5.70 Å². The van der Waals surface area contributed by atoms with Gasteiger partial charge >= 0.3 is 0 Å². The van der Waals surface area contributed by atoms with Crippen molar-refractivity contribution >= 4 is 35.0 Å². The van der Waals surface area contributed by atoms with Crippen LogP contribution in [0.2, 0.25) is 0 Å². The lowest BCUT2D eigenvalue weighted by Gasteiger charge is -2.29. The van der Waals surface area contributed by atoms with Crippen molar-refractivity contribution in [3.63, 3.8) is 0 Å². The molecule has 1 N–H and O–H groups in total. The molecule has 0 spiro atoms. The Morgan fingerprint density at radius 3 is 2.54 bits per heavy atom. The van der Waals surface area contributed by atoms with Gasteiger partial charge in [0.2, 0.25) is 0 Å². The second-order valence-corrected chi connectivity index (χ2v) is 7.42. The van der Waals surface area contributed by atoms with Gasteiger partial charge in [-0.25, -0.2) is 0 Å². The van der Waals surface area contributed by atoms with Gasteiger partial charge in [0.25, 0.3) is 11.6 Å². The van der Waals surface area contributed by atoms with E-state index < -0.39 is 4.92 Å². The van der Waals surface area contributed by atoms with Crippen LogP contribution < -0.4 is 5.32 Å². The summed E-state index contributed by atoms with van der Waals surface area (Å²) >= 11 is 5.42. The molecule has 1 aromatic carbocycles. The number of nitrogens with one attached hydrogen (secondary N) is 1. The minimum atomic E-state index is -0.426. The highest BCUT2D eigenvalue weighted by Gasteiger charge is 2.36. The van der Waals surface area contributed by atoms with Crippen LogP contribution in [0.25, 0.3) is 11.8 Å². The maximum absolute atomic E-state index is 12.9. The number of carbonyl (C=O) groups excluding carboxylic acids is 1. The molecule has 28 heavy (non-hydrogen) atoms. The smallest absolute Gasteiger partial charge is 0.276 e. The Bertz CT molecular complexity index is 958. The number of nitro benzene ring substituents is 1. The SMILES string of the molecule is O=C1/C(=C\c2cccn2-c2ccc([N+](=O)[O-])cc2)NC(=S)N1C1CCCCC1. The molecule has 1 saturated heterocycles. The van der Waals surface area contributed by atoms with E-state index in [4.69, 9.17) is 12.2 Å². The summed E-state index contributed by atoms with van der Waals surface area (Å²) < 4.78 is 1.87. The lowest BCUT2D eigenvalue weighted by atomic mass is 9.94. The van der Waals surface area contributed by atoms with Gasteiger partial charge in [-0.1, -0.05) is 19.3 Å². The van der Waals surface area contributed by atoms with E-state index in [-0.39, 0.29) is 17.6 Å². The number of thiocarbonyl (C=S) groups is 1. The van der Waals surface area contributed by atoms with E-state index in [9.17, 15) is 14.9 Å². The fourth-order valence-corrected chi connectivity index (χ4v) is 4.19. The summed E-state index contributed by atoms with van der Waals surface area (Å²) in [4.78, 5) is 25.1. The van der Waals surface area contributed by atoms with Gasteiger partial charge in [0.05, 0.1) is 4.92 Å². The summed E-state index contributed by atoms with van der Waals surface area (Å²) in [5.74, 6) is -0.0895. The molecule has 0 radical (unpaired) electrons. The highest BCUT2D eigenvalue weighted by Crippen LogP contribution is 2.27. The Morgan fingerprint density at radius 2 is 1.86 bits per heavy atom. The summed E-state index contributed by atoms with van der Waals surface area (Å²) in [7, 11) is 0. The first-order valence-corrected chi connectivity index (χ1v) is 9.74. The number of nitrogens with zero attached hydrogens (tertiary/aromatic N) is 3. The van der Waals surface area contributed by atoms with Crippen LogP contribution in [-0.2, 0) is 4.79 Å². The number of carbonyl (C=O) groups is 1. The predicted octanol–water partition coefficient (Wildman–Crippen LogP) is 3.78. The topological polar surface area (TPSA) is 80.4 Å². The molecule has 7 nitrogen and oxygen atoms in total. The summed E-state index contributed by atoms with van der Waals surface area (Å²) in [6.45, 7) is 0. The zero-order valence-electron chi connectivity index (χ0n) is 15.2. The number of benzene rings is 1. The Labute approximate surface area is 167 Å². The van der Waals surface area contributed by atoms with Gasteiger partial charge in [-0.15, -0.1) is 0 Å². The molecule has 144 valence electrons. The van der Waals surface area contributed by atoms with Crippen LogP contribution in [0.1, 0.15) is 37.8 Å². The Kier molecular flexibility index (Phi) is 4.95. The first kappa shape index (κ1) is 18.4. The van der Waals surface area contributed by atoms with E-state index >= 15 is 0 Å². The fourth-order valence-electron chi connectivity index (χ4n) is 3.85. The van der Waals surface area contributed by atoms with Crippen molar-refractivity contribution in [2.75, 3.05) is 0 Å². The summed E-state index contributed by atoms with van der Waals surface area (Å²) in [5, 5.41) is 14.4. The summed E-state index contributed by atoms with van der Waals surface area (Å²) in [6, 6.07) is 10.2. The van der Waals surface area contributed by atoms with Crippen LogP contribution in [0, 0.1) is 10.1 Å². The van der Waals surface area contributed by atoms with E-state index in [1.807, 2.05) is 22.9 Å².